The van der Waals surface area contributed by atoms with Gasteiger partial charge in [-0.3, -0.25) is 20.4 Å². The lowest BCUT2D eigenvalue weighted by atomic mass is 10.1. The van der Waals surface area contributed by atoms with Crippen molar-refractivity contribution in [2.45, 2.75) is 43.0 Å². The van der Waals surface area contributed by atoms with Gasteiger partial charge in [0.1, 0.15) is 10.6 Å². The number of hydrazine groups is 1. The second kappa shape index (κ2) is 9.73. The number of methoxy groups -OCH3 is 1. The molecule has 0 radical (unpaired) electrons. The summed E-state index contributed by atoms with van der Waals surface area (Å²) in [5.41, 5.74) is 5.55. The van der Waals surface area contributed by atoms with Gasteiger partial charge in [0.25, 0.3) is 5.91 Å². The van der Waals surface area contributed by atoms with Crippen molar-refractivity contribution in [2.75, 3.05) is 7.11 Å². The van der Waals surface area contributed by atoms with Crippen LogP contribution in [0.2, 0.25) is 0 Å². The first-order valence-electron chi connectivity index (χ1n) is 9.72. The fourth-order valence-corrected chi connectivity index (χ4v) is 4.88. The van der Waals surface area contributed by atoms with Gasteiger partial charge >= 0.3 is 0 Å². The molecule has 0 spiro atoms. The van der Waals surface area contributed by atoms with Crippen LogP contribution in [0, 0.1) is 0 Å². The van der Waals surface area contributed by atoms with Crippen LogP contribution >= 0.6 is 0 Å². The normalized spacial score (nSPS) is 14.3. The quantitative estimate of drug-likeness (QED) is 0.580. The molecule has 2 aromatic carbocycles. The Bertz CT molecular complexity index is 1000. The SMILES string of the molecule is COc1ccc(C(=O)NNC(=O)Cc2ccccc2)cc1S(=O)(=O)NC1CCCC1. The predicted octanol–water partition coefficient (Wildman–Crippen LogP) is 1.92. The molecule has 0 saturated heterocycles. The first-order valence-corrected chi connectivity index (χ1v) is 11.2. The highest BCUT2D eigenvalue weighted by Crippen LogP contribution is 2.27. The molecule has 1 aliphatic rings. The van der Waals surface area contributed by atoms with Crippen LogP contribution in [-0.4, -0.2) is 33.4 Å². The van der Waals surface area contributed by atoms with Gasteiger partial charge in [0.15, 0.2) is 0 Å². The van der Waals surface area contributed by atoms with Gasteiger partial charge in [0.05, 0.1) is 13.5 Å². The molecule has 1 saturated carbocycles. The van der Waals surface area contributed by atoms with E-state index in [1.165, 1.54) is 25.3 Å². The maximum atomic E-state index is 12.8. The van der Waals surface area contributed by atoms with Gasteiger partial charge in [-0.2, -0.15) is 0 Å². The number of nitrogens with one attached hydrogen (secondary N) is 3. The van der Waals surface area contributed by atoms with Crippen LogP contribution in [0.3, 0.4) is 0 Å². The molecule has 1 aliphatic carbocycles. The van der Waals surface area contributed by atoms with E-state index in [-0.39, 0.29) is 34.6 Å². The Morgan fingerprint density at radius 1 is 1.03 bits per heavy atom. The summed E-state index contributed by atoms with van der Waals surface area (Å²) in [5.74, 6) is -0.875. The topological polar surface area (TPSA) is 114 Å². The number of rotatable bonds is 7. The van der Waals surface area contributed by atoms with Crippen molar-refractivity contribution in [1.29, 1.82) is 0 Å². The summed E-state index contributed by atoms with van der Waals surface area (Å²) in [4.78, 5) is 24.3. The Labute approximate surface area is 176 Å². The highest BCUT2D eigenvalue weighted by atomic mass is 32.2. The van der Waals surface area contributed by atoms with Crippen molar-refractivity contribution in [3.8, 4) is 5.75 Å². The fraction of sp³-hybridized carbons (Fsp3) is 0.333. The average molecular weight is 432 g/mol. The minimum atomic E-state index is -3.86. The summed E-state index contributed by atoms with van der Waals surface area (Å²) in [6.07, 6.45) is 3.64. The van der Waals surface area contributed by atoms with E-state index in [9.17, 15) is 18.0 Å². The lowest BCUT2D eigenvalue weighted by molar-refractivity contribution is -0.121. The molecule has 2 aromatic rings. The van der Waals surface area contributed by atoms with Crippen molar-refractivity contribution in [3.05, 3.63) is 59.7 Å². The second-order valence-corrected chi connectivity index (χ2v) is 8.82. The largest absolute Gasteiger partial charge is 0.495 e. The Hall–Kier alpha value is -2.91. The van der Waals surface area contributed by atoms with E-state index >= 15 is 0 Å². The smallest absolute Gasteiger partial charge is 0.269 e. The molecule has 0 unspecified atom stereocenters. The van der Waals surface area contributed by atoms with Crippen molar-refractivity contribution >= 4 is 21.8 Å². The number of ether oxygens (including phenoxy) is 1. The molecule has 2 amide bonds. The second-order valence-electron chi connectivity index (χ2n) is 7.13. The molecule has 3 rings (SSSR count). The molecule has 0 atom stereocenters. The van der Waals surface area contributed by atoms with Crippen molar-refractivity contribution in [3.63, 3.8) is 0 Å². The molecule has 0 heterocycles. The van der Waals surface area contributed by atoms with Gasteiger partial charge in [-0.1, -0.05) is 43.2 Å². The van der Waals surface area contributed by atoms with Gasteiger partial charge < -0.3 is 4.74 Å². The third-order valence-corrected chi connectivity index (χ3v) is 6.46. The van der Waals surface area contributed by atoms with Crippen LogP contribution in [0.25, 0.3) is 0 Å². The minimum Gasteiger partial charge on any atom is -0.495 e. The Morgan fingerprint density at radius 2 is 1.73 bits per heavy atom. The Kier molecular flexibility index (Phi) is 7.07. The third-order valence-electron chi connectivity index (χ3n) is 4.92. The number of sulfonamides is 1. The number of carbonyl (C=O) groups excluding carboxylic acids is 2. The highest BCUT2D eigenvalue weighted by molar-refractivity contribution is 7.89. The van der Waals surface area contributed by atoms with Gasteiger partial charge in [0, 0.05) is 11.6 Å². The van der Waals surface area contributed by atoms with Crippen LogP contribution in [0.15, 0.2) is 53.4 Å². The van der Waals surface area contributed by atoms with E-state index < -0.39 is 15.9 Å². The maximum absolute atomic E-state index is 12.8. The molecule has 0 aromatic heterocycles. The van der Waals surface area contributed by atoms with Crippen molar-refractivity contribution in [2.24, 2.45) is 0 Å². The van der Waals surface area contributed by atoms with Gasteiger partial charge in [-0.05, 0) is 36.6 Å². The standard InChI is InChI=1S/C21H25N3O5S/c1-29-18-12-11-16(14-19(18)30(27,28)24-17-9-5-6-10-17)21(26)23-22-20(25)13-15-7-3-2-4-8-15/h2-4,7-8,11-12,14,17,24H,5-6,9-10,13H2,1H3,(H,22,25)(H,23,26). The molecule has 160 valence electrons. The molecular weight excluding hydrogens is 406 g/mol. The Balaban J connectivity index is 1.68. The van der Waals surface area contributed by atoms with Gasteiger partial charge in [-0.15, -0.1) is 0 Å². The number of benzene rings is 2. The van der Waals surface area contributed by atoms with Crippen molar-refractivity contribution in [1.82, 2.24) is 15.6 Å². The van der Waals surface area contributed by atoms with E-state index in [0.29, 0.717) is 0 Å². The monoisotopic (exact) mass is 431 g/mol. The zero-order valence-corrected chi connectivity index (χ0v) is 17.5. The zero-order chi connectivity index (χ0) is 21.6. The van der Waals surface area contributed by atoms with Crippen LogP contribution in [0.1, 0.15) is 41.6 Å². The molecule has 0 bridgehead atoms. The molecular formula is C21H25N3O5S. The molecule has 8 nitrogen and oxygen atoms in total. The summed E-state index contributed by atoms with van der Waals surface area (Å²) in [6.45, 7) is 0. The minimum absolute atomic E-state index is 0.0857. The first-order chi connectivity index (χ1) is 14.4. The molecule has 9 heteroatoms. The Morgan fingerprint density at radius 3 is 2.40 bits per heavy atom. The number of hydrogen-bond donors (Lipinski definition) is 3. The van der Waals surface area contributed by atoms with Crippen LogP contribution in [0.4, 0.5) is 0 Å². The number of amides is 2. The van der Waals surface area contributed by atoms with Gasteiger partial charge in [-0.25, -0.2) is 13.1 Å². The first kappa shape index (κ1) is 21.8. The molecule has 1 fully saturated rings. The third kappa shape index (κ3) is 5.58. The lowest BCUT2D eigenvalue weighted by Gasteiger charge is -2.16. The predicted molar refractivity (Wildman–Crippen MR) is 111 cm³/mol. The lowest BCUT2D eigenvalue weighted by Crippen LogP contribution is -2.42. The summed E-state index contributed by atoms with van der Waals surface area (Å²) < 4.78 is 33.5. The zero-order valence-electron chi connectivity index (χ0n) is 16.7. The van der Waals surface area contributed by atoms with E-state index in [2.05, 4.69) is 15.6 Å². The van der Waals surface area contributed by atoms with E-state index in [0.717, 1.165) is 31.2 Å². The van der Waals surface area contributed by atoms with E-state index in [1.807, 2.05) is 18.2 Å². The van der Waals surface area contributed by atoms with Crippen LogP contribution in [-0.2, 0) is 21.2 Å². The van der Waals surface area contributed by atoms with E-state index in [4.69, 9.17) is 4.74 Å². The summed E-state index contributed by atoms with van der Waals surface area (Å²) in [7, 11) is -2.49. The average Bonchev–Trinajstić information content (AvgIpc) is 3.24. The molecule has 30 heavy (non-hydrogen) atoms. The summed E-state index contributed by atoms with van der Waals surface area (Å²) in [6, 6.07) is 13.1. The van der Waals surface area contributed by atoms with E-state index in [1.54, 1.807) is 12.1 Å². The van der Waals surface area contributed by atoms with Crippen molar-refractivity contribution < 1.29 is 22.7 Å². The molecule has 3 N–H and O–H groups in total. The maximum Gasteiger partial charge on any atom is 0.269 e. The number of carbonyl (C=O) groups is 2. The molecule has 0 aliphatic heterocycles. The fourth-order valence-electron chi connectivity index (χ4n) is 3.38. The number of hydrogen-bond acceptors (Lipinski definition) is 5. The summed E-state index contributed by atoms with van der Waals surface area (Å²) in [5, 5.41) is 0. The van der Waals surface area contributed by atoms with Crippen LogP contribution < -0.4 is 20.3 Å². The highest BCUT2D eigenvalue weighted by Gasteiger charge is 2.26. The van der Waals surface area contributed by atoms with Gasteiger partial charge in [0.2, 0.25) is 15.9 Å². The van der Waals surface area contributed by atoms with Crippen LogP contribution in [0.5, 0.6) is 5.75 Å². The summed E-state index contributed by atoms with van der Waals surface area (Å²) >= 11 is 0.